The highest BCUT2D eigenvalue weighted by Gasteiger charge is 2.18. The first-order valence-electron chi connectivity index (χ1n) is 8.04. The highest BCUT2D eigenvalue weighted by atomic mass is 16.2. The number of aromatic amines is 1. The number of primary amides is 2. The topological polar surface area (TPSA) is 114 Å². The van der Waals surface area contributed by atoms with E-state index in [-0.39, 0.29) is 11.4 Å². The van der Waals surface area contributed by atoms with Gasteiger partial charge in [0.25, 0.3) is 5.91 Å². The molecule has 6 N–H and O–H groups in total. The second-order valence-electron chi connectivity index (χ2n) is 6.02. The second kappa shape index (κ2) is 5.93. The molecule has 0 unspecified atom stereocenters. The summed E-state index contributed by atoms with van der Waals surface area (Å²) < 4.78 is 0. The largest absolute Gasteiger partial charge is 0.365 e. The number of fused-ring (bicyclic) bond motifs is 2. The normalized spacial score (nSPS) is 10.9. The van der Waals surface area contributed by atoms with Gasteiger partial charge in [-0.15, -0.1) is 0 Å². The van der Waals surface area contributed by atoms with Gasteiger partial charge in [-0.05, 0) is 28.0 Å². The van der Waals surface area contributed by atoms with Crippen molar-refractivity contribution < 1.29 is 9.59 Å². The summed E-state index contributed by atoms with van der Waals surface area (Å²) in [6.07, 6.45) is 0. The molecule has 0 aliphatic carbocycles. The van der Waals surface area contributed by atoms with Gasteiger partial charge in [0.15, 0.2) is 0 Å². The molecule has 128 valence electrons. The lowest BCUT2D eigenvalue weighted by atomic mass is 9.97. The fourth-order valence-electron chi connectivity index (χ4n) is 3.32. The first kappa shape index (κ1) is 15.7. The molecule has 3 amide bonds. The van der Waals surface area contributed by atoms with Crippen molar-refractivity contribution in [2.24, 2.45) is 11.5 Å². The molecule has 26 heavy (non-hydrogen) atoms. The zero-order valence-electron chi connectivity index (χ0n) is 13.7. The summed E-state index contributed by atoms with van der Waals surface area (Å²) in [5.74, 6) is -0.437. The highest BCUT2D eigenvalue weighted by molar-refractivity contribution is 6.13. The van der Waals surface area contributed by atoms with Gasteiger partial charge in [-0.3, -0.25) is 10.1 Å². The van der Waals surface area contributed by atoms with E-state index in [1.54, 1.807) is 0 Å². The summed E-state index contributed by atoms with van der Waals surface area (Å²) >= 11 is 0. The molecule has 0 aliphatic heterocycles. The molecule has 1 heterocycles. The van der Waals surface area contributed by atoms with Gasteiger partial charge < -0.3 is 16.5 Å². The highest BCUT2D eigenvalue weighted by Crippen LogP contribution is 2.33. The Kier molecular flexibility index (Phi) is 3.58. The maximum Gasteiger partial charge on any atom is 0.317 e. The Morgan fingerprint density at radius 2 is 1.65 bits per heavy atom. The molecular weight excluding hydrogens is 328 g/mol. The van der Waals surface area contributed by atoms with Crippen LogP contribution in [0.25, 0.3) is 32.8 Å². The van der Waals surface area contributed by atoms with Gasteiger partial charge in [0.2, 0.25) is 0 Å². The standard InChI is InChI=1S/C20H16N4O2/c21-18(25)17-15-9-8-12(10-16(15)23-19(17)24-20(22)26)14-7-3-5-11-4-1-2-6-13(11)14/h1-10,23H,(H2,21,25)(H3,22,24,26). The van der Waals surface area contributed by atoms with Crippen LogP contribution in [0.3, 0.4) is 0 Å². The first-order chi connectivity index (χ1) is 12.5. The van der Waals surface area contributed by atoms with Crippen molar-refractivity contribution in [2.45, 2.75) is 0 Å². The quantitative estimate of drug-likeness (QED) is 0.455. The maximum absolute atomic E-state index is 11.8. The van der Waals surface area contributed by atoms with Gasteiger partial charge in [0, 0.05) is 10.9 Å². The van der Waals surface area contributed by atoms with Gasteiger partial charge in [-0.25, -0.2) is 4.79 Å². The Hall–Kier alpha value is -3.80. The number of benzene rings is 3. The van der Waals surface area contributed by atoms with Crippen molar-refractivity contribution in [1.82, 2.24) is 4.98 Å². The third-order valence-electron chi connectivity index (χ3n) is 4.39. The third-order valence-corrected chi connectivity index (χ3v) is 4.39. The summed E-state index contributed by atoms with van der Waals surface area (Å²) in [7, 11) is 0. The number of H-pyrrole nitrogens is 1. The van der Waals surface area contributed by atoms with Crippen molar-refractivity contribution in [3.8, 4) is 11.1 Å². The van der Waals surface area contributed by atoms with Crippen LogP contribution in [-0.4, -0.2) is 16.9 Å². The Balaban J connectivity index is 1.93. The summed E-state index contributed by atoms with van der Waals surface area (Å²) in [6, 6.07) is 19.1. The predicted octanol–water partition coefficient (Wildman–Crippen LogP) is 3.58. The van der Waals surface area contributed by atoms with E-state index in [9.17, 15) is 9.59 Å². The molecule has 6 nitrogen and oxygen atoms in total. The molecule has 4 aromatic rings. The number of nitrogens with one attached hydrogen (secondary N) is 2. The number of amides is 3. The summed E-state index contributed by atoms with van der Waals surface area (Å²) in [5, 5.41) is 5.32. The number of carbonyl (C=O) groups is 2. The van der Waals surface area contributed by atoms with E-state index >= 15 is 0 Å². The van der Waals surface area contributed by atoms with Gasteiger partial charge in [0.05, 0.1) is 5.56 Å². The Morgan fingerprint density at radius 3 is 2.42 bits per heavy atom. The fourth-order valence-corrected chi connectivity index (χ4v) is 3.32. The molecule has 0 spiro atoms. The molecule has 0 bridgehead atoms. The number of aromatic nitrogens is 1. The second-order valence-corrected chi connectivity index (χ2v) is 6.02. The SMILES string of the molecule is NC(=O)Nc1[nH]c2cc(-c3cccc4ccccc34)ccc2c1C(N)=O. The summed E-state index contributed by atoms with van der Waals surface area (Å²) in [5.41, 5.74) is 13.6. The average molecular weight is 344 g/mol. The van der Waals surface area contributed by atoms with Gasteiger partial charge in [0.1, 0.15) is 5.82 Å². The fraction of sp³-hybridized carbons (Fsp3) is 0. The third kappa shape index (κ3) is 2.53. The Labute approximate surface area is 148 Å². The number of hydrogen-bond acceptors (Lipinski definition) is 2. The number of rotatable bonds is 3. The van der Waals surface area contributed by atoms with Crippen LogP contribution >= 0.6 is 0 Å². The number of urea groups is 1. The van der Waals surface area contributed by atoms with Crippen molar-refractivity contribution in [3.63, 3.8) is 0 Å². The van der Waals surface area contributed by atoms with E-state index in [1.807, 2.05) is 42.5 Å². The van der Waals surface area contributed by atoms with Crippen molar-refractivity contribution >= 4 is 39.4 Å². The summed E-state index contributed by atoms with van der Waals surface area (Å²) in [6.45, 7) is 0. The van der Waals surface area contributed by atoms with Crippen LogP contribution in [0.1, 0.15) is 10.4 Å². The van der Waals surface area contributed by atoms with Crippen LogP contribution in [-0.2, 0) is 0 Å². The zero-order valence-corrected chi connectivity index (χ0v) is 13.7. The van der Waals surface area contributed by atoms with Crippen LogP contribution < -0.4 is 16.8 Å². The van der Waals surface area contributed by atoms with E-state index < -0.39 is 11.9 Å². The molecule has 6 heteroatoms. The molecule has 0 atom stereocenters. The zero-order chi connectivity index (χ0) is 18.3. The smallest absolute Gasteiger partial charge is 0.317 e. The van der Waals surface area contributed by atoms with Crippen molar-refractivity contribution in [2.75, 3.05) is 5.32 Å². The number of carbonyl (C=O) groups excluding carboxylic acids is 2. The Bertz CT molecular complexity index is 1170. The van der Waals surface area contributed by atoms with E-state index in [0.717, 1.165) is 21.9 Å². The van der Waals surface area contributed by atoms with Crippen LogP contribution in [0.4, 0.5) is 10.6 Å². The monoisotopic (exact) mass is 344 g/mol. The lowest BCUT2D eigenvalue weighted by Crippen LogP contribution is -2.22. The molecular formula is C20H16N4O2. The molecule has 0 saturated carbocycles. The number of anilines is 1. The van der Waals surface area contributed by atoms with E-state index in [4.69, 9.17) is 11.5 Å². The summed E-state index contributed by atoms with van der Waals surface area (Å²) in [4.78, 5) is 26.0. The molecule has 1 aromatic heterocycles. The molecule has 0 saturated heterocycles. The minimum absolute atomic E-state index is 0.204. The van der Waals surface area contributed by atoms with Crippen molar-refractivity contribution in [3.05, 3.63) is 66.2 Å². The van der Waals surface area contributed by atoms with Crippen LogP contribution in [0, 0.1) is 0 Å². The number of hydrogen-bond donors (Lipinski definition) is 4. The first-order valence-corrected chi connectivity index (χ1v) is 8.04. The lowest BCUT2D eigenvalue weighted by Gasteiger charge is -2.07. The molecule has 0 radical (unpaired) electrons. The number of nitrogens with two attached hydrogens (primary N) is 2. The minimum Gasteiger partial charge on any atom is -0.365 e. The van der Waals surface area contributed by atoms with E-state index in [0.29, 0.717) is 10.9 Å². The average Bonchev–Trinajstić information content (AvgIpc) is 2.97. The van der Waals surface area contributed by atoms with Gasteiger partial charge >= 0.3 is 6.03 Å². The van der Waals surface area contributed by atoms with Crippen LogP contribution in [0.2, 0.25) is 0 Å². The molecule has 3 aromatic carbocycles. The van der Waals surface area contributed by atoms with Crippen molar-refractivity contribution in [1.29, 1.82) is 0 Å². The molecule has 4 rings (SSSR count). The Morgan fingerprint density at radius 1 is 0.885 bits per heavy atom. The minimum atomic E-state index is -0.770. The molecule has 0 aliphatic rings. The van der Waals surface area contributed by atoms with Gasteiger partial charge in [-0.1, -0.05) is 54.6 Å². The maximum atomic E-state index is 11.8. The predicted molar refractivity (Wildman–Crippen MR) is 103 cm³/mol. The molecule has 0 fully saturated rings. The lowest BCUT2D eigenvalue weighted by molar-refractivity contribution is 0.100. The van der Waals surface area contributed by atoms with Crippen LogP contribution in [0.15, 0.2) is 60.7 Å². The van der Waals surface area contributed by atoms with Gasteiger partial charge in [-0.2, -0.15) is 0 Å². The van der Waals surface area contributed by atoms with E-state index in [1.165, 1.54) is 0 Å². The van der Waals surface area contributed by atoms with E-state index in [2.05, 4.69) is 28.5 Å². The van der Waals surface area contributed by atoms with Crippen LogP contribution in [0.5, 0.6) is 0 Å².